The normalized spacial score (nSPS) is 21.8. The zero-order valence-electron chi connectivity index (χ0n) is 20.0. The van der Waals surface area contributed by atoms with Gasteiger partial charge < -0.3 is 29.1 Å². The molecule has 1 spiro atoms. The molecular weight excluding hydrogens is 420 g/mol. The fourth-order valence-corrected chi connectivity index (χ4v) is 5.99. The molecule has 0 unspecified atom stereocenters. The molecule has 33 heavy (non-hydrogen) atoms. The lowest BCUT2D eigenvalue weighted by molar-refractivity contribution is -0.150. The lowest BCUT2D eigenvalue weighted by Gasteiger charge is -2.57. The first-order valence-corrected chi connectivity index (χ1v) is 11.8. The van der Waals surface area contributed by atoms with Gasteiger partial charge in [0.05, 0.1) is 37.2 Å². The van der Waals surface area contributed by atoms with E-state index in [1.807, 2.05) is 48.0 Å². The van der Waals surface area contributed by atoms with Crippen molar-refractivity contribution >= 4 is 22.7 Å². The highest BCUT2D eigenvalue weighted by molar-refractivity contribution is 5.91. The van der Waals surface area contributed by atoms with Crippen molar-refractivity contribution in [2.45, 2.75) is 30.7 Å². The van der Waals surface area contributed by atoms with Crippen molar-refractivity contribution in [3.63, 3.8) is 0 Å². The zero-order chi connectivity index (χ0) is 23.5. The van der Waals surface area contributed by atoms with Gasteiger partial charge in [0.1, 0.15) is 5.75 Å². The van der Waals surface area contributed by atoms with Gasteiger partial charge in [-0.2, -0.15) is 0 Å². The lowest BCUT2D eigenvalue weighted by atomic mass is 9.68. The van der Waals surface area contributed by atoms with Crippen LogP contribution in [-0.2, 0) is 22.1 Å². The Hall–Kier alpha value is -2.58. The Morgan fingerprint density at radius 2 is 1.94 bits per heavy atom. The van der Waals surface area contributed by atoms with Gasteiger partial charge in [-0.05, 0) is 44.6 Å². The van der Waals surface area contributed by atoms with E-state index in [0.717, 1.165) is 41.6 Å². The van der Waals surface area contributed by atoms with E-state index >= 15 is 0 Å². The molecule has 178 valence electrons. The van der Waals surface area contributed by atoms with Crippen molar-refractivity contribution in [2.75, 3.05) is 54.0 Å². The summed E-state index contributed by atoms with van der Waals surface area (Å²) in [7, 11) is 7.40. The highest BCUT2D eigenvalue weighted by Crippen LogP contribution is 2.50. The standard InChI is InChI=1S/C25H34N4O4/c1-26(2)11-21(31)29-15-25(13-28(14-25)24(32)16-6-5-7-16)22-18-9-8-17(33-4)10-19(18)27(3)23(22)20(29)12-30/h8-10,16,20,30H,5-7,11-15H2,1-4H3/t20-/m0/s1. The van der Waals surface area contributed by atoms with Crippen LogP contribution in [0.1, 0.15) is 36.6 Å². The smallest absolute Gasteiger partial charge is 0.237 e. The average molecular weight is 455 g/mol. The van der Waals surface area contributed by atoms with E-state index < -0.39 is 6.04 Å². The maximum atomic E-state index is 13.3. The number of amides is 2. The lowest BCUT2D eigenvalue weighted by Crippen LogP contribution is -2.69. The number of aromatic nitrogens is 1. The van der Waals surface area contributed by atoms with Gasteiger partial charge in [-0.3, -0.25) is 9.59 Å². The third-order valence-electron chi connectivity index (χ3n) is 7.85. The van der Waals surface area contributed by atoms with E-state index in [-0.39, 0.29) is 36.3 Å². The van der Waals surface area contributed by atoms with Gasteiger partial charge in [0.15, 0.2) is 0 Å². The molecule has 0 bridgehead atoms. The first-order chi connectivity index (χ1) is 15.8. The molecular formula is C25H34N4O4. The Morgan fingerprint density at radius 1 is 1.21 bits per heavy atom. The monoisotopic (exact) mass is 454 g/mol. The second-order valence-electron chi connectivity index (χ2n) is 10.3. The quantitative estimate of drug-likeness (QED) is 0.741. The third-order valence-corrected chi connectivity index (χ3v) is 7.85. The number of rotatable bonds is 5. The van der Waals surface area contributed by atoms with Gasteiger partial charge in [0.2, 0.25) is 11.8 Å². The van der Waals surface area contributed by atoms with Crippen molar-refractivity contribution in [1.82, 2.24) is 19.3 Å². The number of carbonyl (C=O) groups excluding carboxylic acids is 2. The van der Waals surface area contributed by atoms with E-state index in [1.165, 1.54) is 5.56 Å². The van der Waals surface area contributed by atoms with Crippen LogP contribution in [0.25, 0.3) is 10.9 Å². The summed E-state index contributed by atoms with van der Waals surface area (Å²) in [5.41, 5.74) is 2.84. The van der Waals surface area contributed by atoms with E-state index in [4.69, 9.17) is 4.74 Å². The molecule has 1 N–H and O–H groups in total. The molecule has 3 heterocycles. The van der Waals surface area contributed by atoms with E-state index in [9.17, 15) is 14.7 Å². The Bertz CT molecular complexity index is 1100. The Balaban J connectivity index is 1.61. The molecule has 2 aliphatic heterocycles. The minimum absolute atomic E-state index is 0.00400. The molecule has 0 radical (unpaired) electrons. The van der Waals surface area contributed by atoms with Gasteiger partial charge >= 0.3 is 0 Å². The predicted octanol–water partition coefficient (Wildman–Crippen LogP) is 1.50. The second-order valence-corrected chi connectivity index (χ2v) is 10.3. The number of carbonyl (C=O) groups is 2. The molecule has 1 saturated carbocycles. The number of likely N-dealkylation sites (N-methyl/N-ethyl adjacent to an activating group) is 1. The maximum absolute atomic E-state index is 13.3. The molecule has 5 rings (SSSR count). The van der Waals surface area contributed by atoms with Crippen molar-refractivity contribution in [1.29, 1.82) is 0 Å². The number of methoxy groups -OCH3 is 1. The van der Waals surface area contributed by atoms with Gasteiger partial charge in [-0.25, -0.2) is 0 Å². The highest BCUT2D eigenvalue weighted by Gasteiger charge is 2.56. The number of ether oxygens (including phenoxy) is 1. The van der Waals surface area contributed by atoms with Crippen LogP contribution >= 0.6 is 0 Å². The SMILES string of the molecule is COc1ccc2c3c(n(C)c2c1)[C@H](CO)N(C(=O)CN(C)C)CC31CN(C(=O)C2CCC2)C1. The van der Waals surface area contributed by atoms with Crippen LogP contribution in [0, 0.1) is 5.92 Å². The summed E-state index contributed by atoms with van der Waals surface area (Å²) < 4.78 is 7.56. The summed E-state index contributed by atoms with van der Waals surface area (Å²) in [6.07, 6.45) is 3.11. The molecule has 1 atom stereocenters. The minimum atomic E-state index is -0.419. The molecule has 2 fully saturated rings. The van der Waals surface area contributed by atoms with Crippen LogP contribution in [-0.4, -0.2) is 90.2 Å². The molecule has 8 nitrogen and oxygen atoms in total. The summed E-state index contributed by atoms with van der Waals surface area (Å²) in [6, 6.07) is 5.64. The third kappa shape index (κ3) is 3.34. The van der Waals surface area contributed by atoms with Crippen LogP contribution in [0.15, 0.2) is 18.2 Å². The summed E-state index contributed by atoms with van der Waals surface area (Å²) >= 11 is 0. The number of hydrogen-bond acceptors (Lipinski definition) is 5. The van der Waals surface area contributed by atoms with Crippen LogP contribution in [0.3, 0.4) is 0 Å². The van der Waals surface area contributed by atoms with Gasteiger partial charge in [0, 0.05) is 49.7 Å². The van der Waals surface area contributed by atoms with Crippen molar-refractivity contribution < 1.29 is 19.4 Å². The topological polar surface area (TPSA) is 78.2 Å². The molecule has 1 aliphatic carbocycles. The van der Waals surface area contributed by atoms with Crippen LogP contribution < -0.4 is 4.74 Å². The molecule has 2 amide bonds. The zero-order valence-corrected chi connectivity index (χ0v) is 20.0. The van der Waals surface area contributed by atoms with E-state index in [2.05, 4.69) is 10.6 Å². The first-order valence-electron chi connectivity index (χ1n) is 11.8. The predicted molar refractivity (Wildman–Crippen MR) is 125 cm³/mol. The maximum Gasteiger partial charge on any atom is 0.237 e. The average Bonchev–Trinajstić information content (AvgIpc) is 3.01. The van der Waals surface area contributed by atoms with Crippen LogP contribution in [0.4, 0.5) is 0 Å². The van der Waals surface area contributed by atoms with Crippen molar-refractivity contribution in [3.05, 3.63) is 29.5 Å². The molecule has 2 aromatic rings. The van der Waals surface area contributed by atoms with E-state index in [0.29, 0.717) is 19.6 Å². The fourth-order valence-electron chi connectivity index (χ4n) is 5.99. The van der Waals surface area contributed by atoms with Crippen LogP contribution in [0.2, 0.25) is 0 Å². The summed E-state index contributed by atoms with van der Waals surface area (Å²) in [5.74, 6) is 1.19. The van der Waals surface area contributed by atoms with Crippen molar-refractivity contribution in [2.24, 2.45) is 13.0 Å². The van der Waals surface area contributed by atoms with Gasteiger partial charge in [0.25, 0.3) is 0 Å². The number of aliphatic hydroxyl groups is 1. The largest absolute Gasteiger partial charge is 0.497 e. The number of fused-ring (bicyclic) bond motifs is 4. The number of hydrogen-bond donors (Lipinski definition) is 1. The van der Waals surface area contributed by atoms with Gasteiger partial charge in [-0.15, -0.1) is 0 Å². The highest BCUT2D eigenvalue weighted by atomic mass is 16.5. The Labute approximate surface area is 194 Å². The Kier molecular flexibility index (Phi) is 5.40. The number of nitrogens with zero attached hydrogens (tertiary/aromatic N) is 4. The molecule has 1 aromatic heterocycles. The summed E-state index contributed by atoms with van der Waals surface area (Å²) in [5, 5.41) is 11.6. The summed E-state index contributed by atoms with van der Waals surface area (Å²) in [6.45, 7) is 1.88. The number of benzene rings is 1. The van der Waals surface area contributed by atoms with Crippen molar-refractivity contribution in [3.8, 4) is 5.75 Å². The molecule has 8 heteroatoms. The number of likely N-dealkylation sites (tertiary alicyclic amines) is 1. The van der Waals surface area contributed by atoms with E-state index in [1.54, 1.807) is 7.11 Å². The first kappa shape index (κ1) is 22.2. The molecule has 1 aromatic carbocycles. The number of aliphatic hydroxyl groups excluding tert-OH is 1. The molecule has 1 saturated heterocycles. The summed E-state index contributed by atoms with van der Waals surface area (Å²) in [4.78, 5) is 31.9. The van der Waals surface area contributed by atoms with Crippen LogP contribution in [0.5, 0.6) is 5.75 Å². The number of aryl methyl sites for hydroxylation is 1. The minimum Gasteiger partial charge on any atom is -0.497 e. The Morgan fingerprint density at radius 3 is 2.52 bits per heavy atom. The fraction of sp³-hybridized carbons (Fsp3) is 0.600. The molecule has 3 aliphatic rings. The van der Waals surface area contributed by atoms with Gasteiger partial charge in [-0.1, -0.05) is 6.42 Å². The second kappa shape index (κ2) is 8.02.